The van der Waals surface area contributed by atoms with Crippen LogP contribution in [0.4, 0.5) is 5.95 Å². The lowest BCUT2D eigenvalue weighted by Crippen LogP contribution is -2.45. The van der Waals surface area contributed by atoms with Gasteiger partial charge in [-0.25, -0.2) is 9.97 Å². The molecule has 2 N–H and O–H groups in total. The lowest BCUT2D eigenvalue weighted by atomic mass is 9.83. The van der Waals surface area contributed by atoms with E-state index in [1.165, 1.54) is 12.4 Å². The quantitative estimate of drug-likeness (QED) is 0.672. The van der Waals surface area contributed by atoms with Gasteiger partial charge in [-0.1, -0.05) is 13.8 Å². The Hall–Kier alpha value is -1.18. The fourth-order valence-corrected chi connectivity index (χ4v) is 1.89. The van der Waals surface area contributed by atoms with Gasteiger partial charge in [0.1, 0.15) is 0 Å². The van der Waals surface area contributed by atoms with Crippen molar-refractivity contribution in [3.63, 3.8) is 0 Å². The molecule has 0 spiro atoms. The molecule has 1 aliphatic heterocycles. The molecule has 1 aliphatic rings. The molecule has 0 amide bonds. The number of rotatable bonds is 3. The molecule has 1 aromatic rings. The molecule has 2 rings (SSSR count). The van der Waals surface area contributed by atoms with Gasteiger partial charge in [0.05, 0.1) is 12.7 Å². The topological polar surface area (TPSA) is 78.7 Å². The minimum Gasteiger partial charge on any atom is -0.423 e. The fourth-order valence-electron chi connectivity index (χ4n) is 1.89. The average molecular weight is 251 g/mol. The van der Waals surface area contributed by atoms with Gasteiger partial charge >= 0.3 is 7.12 Å². The van der Waals surface area contributed by atoms with Crippen LogP contribution in [-0.2, 0) is 4.74 Å². The zero-order chi connectivity index (χ0) is 13.1. The first-order chi connectivity index (χ1) is 8.58. The number of morpholine rings is 1. The number of hydrogen-bond acceptors (Lipinski definition) is 6. The van der Waals surface area contributed by atoms with Crippen molar-refractivity contribution in [3.05, 3.63) is 12.4 Å². The summed E-state index contributed by atoms with van der Waals surface area (Å²) in [7, 11) is -1.52. The van der Waals surface area contributed by atoms with Gasteiger partial charge in [-0.05, 0) is 5.92 Å². The molecule has 0 bridgehead atoms. The van der Waals surface area contributed by atoms with Crippen LogP contribution in [0.5, 0.6) is 0 Å². The molecule has 1 fully saturated rings. The van der Waals surface area contributed by atoms with E-state index >= 15 is 0 Å². The van der Waals surface area contributed by atoms with Gasteiger partial charge in [-0.15, -0.1) is 0 Å². The molecule has 1 atom stereocenters. The van der Waals surface area contributed by atoms with Crippen molar-refractivity contribution < 1.29 is 14.8 Å². The van der Waals surface area contributed by atoms with Crippen LogP contribution in [0.1, 0.15) is 13.8 Å². The number of hydrogen-bond donors (Lipinski definition) is 2. The molecular formula is C11H18BN3O3. The maximum Gasteiger partial charge on any atom is 0.491 e. The van der Waals surface area contributed by atoms with Gasteiger partial charge in [-0.2, -0.15) is 0 Å². The molecule has 6 nitrogen and oxygen atoms in total. The molecule has 7 heteroatoms. The molecule has 0 aliphatic carbocycles. The first-order valence-corrected chi connectivity index (χ1v) is 6.12. The molecule has 1 saturated heterocycles. The van der Waals surface area contributed by atoms with Crippen molar-refractivity contribution in [2.24, 2.45) is 5.92 Å². The SMILES string of the molecule is CC(C)[C@@H]1CN(c2ncc(B(O)O)cn2)CCO1. The van der Waals surface area contributed by atoms with Crippen LogP contribution in [0.15, 0.2) is 12.4 Å². The third-order valence-electron chi connectivity index (χ3n) is 3.08. The maximum absolute atomic E-state index is 8.98. The molecule has 2 heterocycles. The second-order valence-electron chi connectivity index (χ2n) is 4.79. The summed E-state index contributed by atoms with van der Waals surface area (Å²) in [6.45, 7) is 6.43. The van der Waals surface area contributed by atoms with E-state index in [0.29, 0.717) is 23.9 Å². The predicted molar refractivity (Wildman–Crippen MR) is 68.6 cm³/mol. The Bertz CT molecular complexity index is 386. The zero-order valence-electron chi connectivity index (χ0n) is 10.7. The van der Waals surface area contributed by atoms with E-state index in [4.69, 9.17) is 14.8 Å². The van der Waals surface area contributed by atoms with Crippen molar-refractivity contribution >= 4 is 18.5 Å². The normalized spacial score (nSPS) is 20.3. The maximum atomic E-state index is 8.98. The van der Waals surface area contributed by atoms with Crippen LogP contribution < -0.4 is 10.4 Å². The van der Waals surface area contributed by atoms with E-state index in [2.05, 4.69) is 28.7 Å². The second kappa shape index (κ2) is 5.64. The highest BCUT2D eigenvalue weighted by molar-refractivity contribution is 6.58. The van der Waals surface area contributed by atoms with Crippen molar-refractivity contribution in [2.45, 2.75) is 20.0 Å². The highest BCUT2D eigenvalue weighted by Gasteiger charge is 2.24. The standard InChI is InChI=1S/C11H18BN3O3/c1-8(2)10-7-15(3-4-18-10)11-13-5-9(6-14-11)12(16)17/h5-6,8,10,16-17H,3-4,7H2,1-2H3/t10-/m0/s1. The van der Waals surface area contributed by atoms with E-state index in [0.717, 1.165) is 13.1 Å². The lowest BCUT2D eigenvalue weighted by molar-refractivity contribution is 0.0109. The summed E-state index contributed by atoms with van der Waals surface area (Å²) < 4.78 is 5.68. The minimum atomic E-state index is -1.52. The van der Waals surface area contributed by atoms with Gasteiger partial charge in [0.25, 0.3) is 0 Å². The van der Waals surface area contributed by atoms with E-state index < -0.39 is 7.12 Å². The summed E-state index contributed by atoms with van der Waals surface area (Å²) in [6, 6.07) is 0. The van der Waals surface area contributed by atoms with E-state index in [-0.39, 0.29) is 6.10 Å². The molecule has 0 aromatic carbocycles. The second-order valence-corrected chi connectivity index (χ2v) is 4.79. The Balaban J connectivity index is 2.06. The van der Waals surface area contributed by atoms with Gasteiger partial charge in [0, 0.05) is 30.9 Å². The fraction of sp³-hybridized carbons (Fsp3) is 0.636. The first-order valence-electron chi connectivity index (χ1n) is 6.12. The molecule has 98 valence electrons. The summed E-state index contributed by atoms with van der Waals surface area (Å²) in [5.74, 6) is 1.06. The summed E-state index contributed by atoms with van der Waals surface area (Å²) in [5, 5.41) is 18.0. The average Bonchev–Trinajstić information content (AvgIpc) is 2.39. The van der Waals surface area contributed by atoms with Crippen LogP contribution in [0, 0.1) is 5.92 Å². The van der Waals surface area contributed by atoms with Crippen molar-refractivity contribution in [2.75, 3.05) is 24.6 Å². The Morgan fingerprint density at radius 3 is 2.61 bits per heavy atom. The third kappa shape index (κ3) is 2.98. The van der Waals surface area contributed by atoms with Gasteiger partial charge in [0.15, 0.2) is 0 Å². The largest absolute Gasteiger partial charge is 0.491 e. The van der Waals surface area contributed by atoms with Gasteiger partial charge < -0.3 is 19.7 Å². The molecule has 1 aromatic heterocycles. The van der Waals surface area contributed by atoms with Crippen molar-refractivity contribution in [1.82, 2.24) is 9.97 Å². The monoisotopic (exact) mass is 251 g/mol. The molecular weight excluding hydrogens is 233 g/mol. The Kier molecular flexibility index (Phi) is 4.16. The highest BCUT2D eigenvalue weighted by atomic mass is 16.5. The van der Waals surface area contributed by atoms with Crippen LogP contribution in [0.25, 0.3) is 0 Å². The minimum absolute atomic E-state index is 0.186. The zero-order valence-corrected chi connectivity index (χ0v) is 10.7. The lowest BCUT2D eigenvalue weighted by Gasteiger charge is -2.34. The number of nitrogens with zero attached hydrogens (tertiary/aromatic N) is 3. The van der Waals surface area contributed by atoms with E-state index in [1.54, 1.807) is 0 Å². The summed E-state index contributed by atoms with van der Waals surface area (Å²) in [6.07, 6.45) is 3.06. The number of aromatic nitrogens is 2. The van der Waals surface area contributed by atoms with E-state index in [9.17, 15) is 0 Å². The Morgan fingerprint density at radius 2 is 2.06 bits per heavy atom. The number of ether oxygens (including phenoxy) is 1. The highest BCUT2D eigenvalue weighted by Crippen LogP contribution is 2.16. The molecule has 0 saturated carbocycles. The summed E-state index contributed by atoms with van der Waals surface area (Å²) in [5.41, 5.74) is 0.299. The van der Waals surface area contributed by atoms with Crippen molar-refractivity contribution in [1.29, 1.82) is 0 Å². The smallest absolute Gasteiger partial charge is 0.423 e. The number of anilines is 1. The van der Waals surface area contributed by atoms with E-state index in [1.807, 2.05) is 0 Å². The van der Waals surface area contributed by atoms with Crippen LogP contribution in [0.3, 0.4) is 0 Å². The summed E-state index contributed by atoms with van der Waals surface area (Å²) >= 11 is 0. The van der Waals surface area contributed by atoms with Crippen LogP contribution >= 0.6 is 0 Å². The first kappa shape index (κ1) is 13.3. The van der Waals surface area contributed by atoms with Crippen LogP contribution in [0.2, 0.25) is 0 Å². The predicted octanol–water partition coefficient (Wildman–Crippen LogP) is -0.982. The Morgan fingerprint density at radius 1 is 1.39 bits per heavy atom. The van der Waals surface area contributed by atoms with Gasteiger partial charge in [-0.3, -0.25) is 0 Å². The van der Waals surface area contributed by atoms with Gasteiger partial charge in [0.2, 0.25) is 5.95 Å². The third-order valence-corrected chi connectivity index (χ3v) is 3.08. The molecule has 0 radical (unpaired) electrons. The van der Waals surface area contributed by atoms with Crippen molar-refractivity contribution in [3.8, 4) is 0 Å². The molecule has 0 unspecified atom stereocenters. The Labute approximate surface area is 107 Å². The summed E-state index contributed by atoms with van der Waals surface area (Å²) in [4.78, 5) is 10.4. The molecule has 18 heavy (non-hydrogen) atoms. The van der Waals surface area contributed by atoms with Crippen LogP contribution in [-0.4, -0.2) is 52.9 Å².